The second-order valence-electron chi connectivity index (χ2n) is 14.2. The molecule has 3 heterocycles. The van der Waals surface area contributed by atoms with Crippen molar-refractivity contribution < 1.29 is 8.83 Å². The van der Waals surface area contributed by atoms with Crippen molar-refractivity contribution in [1.29, 1.82) is 0 Å². The van der Waals surface area contributed by atoms with Gasteiger partial charge >= 0.3 is 0 Å². The van der Waals surface area contributed by atoms with Gasteiger partial charge < -0.3 is 8.83 Å². The lowest BCUT2D eigenvalue weighted by atomic mass is 9.89. The van der Waals surface area contributed by atoms with Crippen molar-refractivity contribution in [3.63, 3.8) is 0 Å². The van der Waals surface area contributed by atoms with E-state index in [4.69, 9.17) is 23.8 Å². The molecule has 6 aromatic carbocycles. The van der Waals surface area contributed by atoms with E-state index in [2.05, 4.69) is 134 Å². The van der Waals surface area contributed by atoms with Crippen molar-refractivity contribution in [3.8, 4) is 33.9 Å². The van der Waals surface area contributed by atoms with Gasteiger partial charge in [0, 0.05) is 44.0 Å². The summed E-state index contributed by atoms with van der Waals surface area (Å²) in [6.07, 6.45) is 13.8. The highest BCUT2D eigenvalue weighted by atomic mass is 16.3. The first-order valence-electron chi connectivity index (χ1n) is 18.4. The average molecular weight is 684 g/mol. The summed E-state index contributed by atoms with van der Waals surface area (Å²) in [5, 5.41) is 7.93. The summed E-state index contributed by atoms with van der Waals surface area (Å²) in [5.41, 5.74) is 8.56. The second kappa shape index (κ2) is 11.7. The molecule has 0 bridgehead atoms. The van der Waals surface area contributed by atoms with Crippen LogP contribution in [0.15, 0.2) is 142 Å². The molecule has 53 heavy (non-hydrogen) atoms. The number of benzene rings is 6. The van der Waals surface area contributed by atoms with E-state index < -0.39 is 0 Å². The number of furan rings is 2. The summed E-state index contributed by atoms with van der Waals surface area (Å²) in [6, 6.07) is 38.3. The Morgan fingerprint density at radius 3 is 2.32 bits per heavy atom. The number of hydrogen-bond donors (Lipinski definition) is 0. The number of nitrogens with zero attached hydrogens (tertiary/aromatic N) is 3. The molecule has 1 atom stereocenters. The number of aromatic nitrogens is 3. The molecule has 0 fully saturated rings. The van der Waals surface area contributed by atoms with Gasteiger partial charge in [0.1, 0.15) is 22.5 Å². The maximum Gasteiger partial charge on any atom is 0.165 e. The molecule has 11 rings (SSSR count). The lowest BCUT2D eigenvalue weighted by molar-refractivity contribution is 0.587. The zero-order valence-electron chi connectivity index (χ0n) is 29.1. The van der Waals surface area contributed by atoms with Crippen LogP contribution >= 0.6 is 0 Å². The van der Waals surface area contributed by atoms with Crippen LogP contribution in [0.1, 0.15) is 49.3 Å². The van der Waals surface area contributed by atoms with Crippen molar-refractivity contribution in [2.75, 3.05) is 0 Å². The Hall–Kier alpha value is -6.59. The molecule has 0 saturated heterocycles. The van der Waals surface area contributed by atoms with E-state index in [0.29, 0.717) is 23.4 Å². The largest absolute Gasteiger partial charge is 0.456 e. The van der Waals surface area contributed by atoms with Gasteiger partial charge in [-0.2, -0.15) is 0 Å². The summed E-state index contributed by atoms with van der Waals surface area (Å²) in [5.74, 6) is 3.18. The van der Waals surface area contributed by atoms with E-state index >= 15 is 0 Å². The molecule has 252 valence electrons. The van der Waals surface area contributed by atoms with E-state index in [-0.39, 0.29) is 0 Å². The number of para-hydroxylation sites is 2. The third-order valence-corrected chi connectivity index (χ3v) is 11.0. The van der Waals surface area contributed by atoms with Crippen LogP contribution in [-0.2, 0) is 0 Å². The highest BCUT2D eigenvalue weighted by Crippen LogP contribution is 2.47. The highest BCUT2D eigenvalue weighted by Gasteiger charge is 2.26. The van der Waals surface area contributed by atoms with Gasteiger partial charge in [-0.05, 0) is 82.6 Å². The van der Waals surface area contributed by atoms with E-state index in [9.17, 15) is 0 Å². The zero-order chi connectivity index (χ0) is 35.0. The van der Waals surface area contributed by atoms with Crippen LogP contribution in [0.5, 0.6) is 0 Å². The summed E-state index contributed by atoms with van der Waals surface area (Å²) >= 11 is 0. The Bertz CT molecular complexity index is 3070. The van der Waals surface area contributed by atoms with Gasteiger partial charge in [0.05, 0.1) is 0 Å². The second-order valence-corrected chi connectivity index (χ2v) is 14.2. The molecule has 5 heteroatoms. The fraction of sp³-hybridized carbons (Fsp3) is 0.104. The molecular weight excluding hydrogens is 651 g/mol. The maximum atomic E-state index is 6.72. The Morgan fingerprint density at radius 1 is 0.585 bits per heavy atom. The first kappa shape index (κ1) is 30.1. The SMILES string of the molecule is CC1CC=Cc2oc3c(-c4ccc5oc6ccccc6c5c4-c4nc(C5=CCCC=C5)nc(-c5ccc6c(ccc7ccccc76)c5)n4)cccc3c21. The van der Waals surface area contributed by atoms with Gasteiger partial charge in [0.15, 0.2) is 17.5 Å². The van der Waals surface area contributed by atoms with Gasteiger partial charge in [0.25, 0.3) is 0 Å². The first-order valence-corrected chi connectivity index (χ1v) is 18.4. The number of rotatable bonds is 4. The van der Waals surface area contributed by atoms with Crippen molar-refractivity contribution in [2.45, 2.75) is 32.1 Å². The highest BCUT2D eigenvalue weighted by molar-refractivity contribution is 6.16. The molecular formula is C48H33N3O2. The Labute approximate surface area is 305 Å². The third kappa shape index (κ3) is 4.74. The smallest absolute Gasteiger partial charge is 0.165 e. The lowest BCUT2D eigenvalue weighted by Gasteiger charge is -2.15. The van der Waals surface area contributed by atoms with E-state index in [1.165, 1.54) is 21.7 Å². The van der Waals surface area contributed by atoms with Crippen molar-refractivity contribution in [1.82, 2.24) is 15.0 Å². The standard InChI is InChI=1S/C48H33N3O2/c1-28-11-9-20-40-42(28)38-18-10-17-36(45(38)53-40)35-25-26-41-43(37-16-7-8-19-39(37)52-41)44(35)48-50-46(30-13-3-2-4-14-30)49-47(51-48)32-23-24-34-31(27-32)22-21-29-12-5-6-15-33(29)34/h3,5-10,12-28H,2,4,11H2,1H3. The minimum Gasteiger partial charge on any atom is -0.456 e. The molecule has 2 aliphatic rings. The van der Waals surface area contributed by atoms with E-state index in [0.717, 1.165) is 91.1 Å². The van der Waals surface area contributed by atoms with E-state index in [1.54, 1.807) is 0 Å². The fourth-order valence-electron chi connectivity index (χ4n) is 8.45. The van der Waals surface area contributed by atoms with Crippen LogP contribution in [-0.4, -0.2) is 15.0 Å². The molecule has 1 unspecified atom stereocenters. The zero-order valence-corrected chi connectivity index (χ0v) is 29.1. The van der Waals surface area contributed by atoms with Crippen LogP contribution in [0.4, 0.5) is 0 Å². The van der Waals surface area contributed by atoms with Crippen LogP contribution in [0.25, 0.3) is 100 Å². The Morgan fingerprint density at radius 2 is 1.40 bits per heavy atom. The molecule has 0 aliphatic heterocycles. The van der Waals surface area contributed by atoms with Crippen LogP contribution < -0.4 is 0 Å². The van der Waals surface area contributed by atoms with Crippen molar-refractivity contribution in [3.05, 3.63) is 151 Å². The van der Waals surface area contributed by atoms with Crippen LogP contribution in [0, 0.1) is 0 Å². The number of fused-ring (bicyclic) bond motifs is 9. The summed E-state index contributed by atoms with van der Waals surface area (Å²) in [7, 11) is 0. The predicted molar refractivity (Wildman–Crippen MR) is 217 cm³/mol. The monoisotopic (exact) mass is 683 g/mol. The van der Waals surface area contributed by atoms with Gasteiger partial charge in [-0.15, -0.1) is 0 Å². The Kier molecular flexibility index (Phi) is 6.65. The van der Waals surface area contributed by atoms with Gasteiger partial charge in [-0.3, -0.25) is 0 Å². The topological polar surface area (TPSA) is 65.0 Å². The third-order valence-electron chi connectivity index (χ3n) is 11.0. The predicted octanol–water partition coefficient (Wildman–Crippen LogP) is 13.1. The molecule has 0 N–H and O–H groups in total. The number of hydrogen-bond acceptors (Lipinski definition) is 5. The normalized spacial score (nSPS) is 15.6. The fourth-order valence-corrected chi connectivity index (χ4v) is 8.45. The quantitative estimate of drug-likeness (QED) is 0.173. The van der Waals surface area contributed by atoms with Gasteiger partial charge in [-0.25, -0.2) is 15.0 Å². The molecule has 5 nitrogen and oxygen atoms in total. The minimum absolute atomic E-state index is 0.372. The van der Waals surface area contributed by atoms with Crippen LogP contribution in [0.3, 0.4) is 0 Å². The summed E-state index contributed by atoms with van der Waals surface area (Å²) in [6.45, 7) is 2.27. The lowest BCUT2D eigenvalue weighted by Crippen LogP contribution is -2.04. The van der Waals surface area contributed by atoms with Crippen molar-refractivity contribution in [2.24, 2.45) is 0 Å². The first-order chi connectivity index (χ1) is 26.2. The van der Waals surface area contributed by atoms with Gasteiger partial charge in [-0.1, -0.05) is 116 Å². The molecule has 0 spiro atoms. The summed E-state index contributed by atoms with van der Waals surface area (Å²) < 4.78 is 13.2. The summed E-state index contributed by atoms with van der Waals surface area (Å²) in [4.78, 5) is 15.8. The van der Waals surface area contributed by atoms with Crippen LogP contribution in [0.2, 0.25) is 0 Å². The van der Waals surface area contributed by atoms with Crippen molar-refractivity contribution >= 4 is 66.1 Å². The molecule has 2 aliphatic carbocycles. The minimum atomic E-state index is 0.372. The molecule has 0 amide bonds. The van der Waals surface area contributed by atoms with Gasteiger partial charge in [0.2, 0.25) is 0 Å². The van der Waals surface area contributed by atoms with E-state index in [1.807, 2.05) is 12.1 Å². The molecule has 3 aromatic heterocycles. The number of allylic oxidation sites excluding steroid dienone is 5. The molecule has 0 radical (unpaired) electrons. The molecule has 9 aromatic rings. The maximum absolute atomic E-state index is 6.72. The Balaban J connectivity index is 1.21. The average Bonchev–Trinajstić information content (AvgIpc) is 3.80. The molecule has 0 saturated carbocycles.